The maximum absolute atomic E-state index is 12.2. The molecule has 7 nitrogen and oxygen atoms in total. The van der Waals surface area contributed by atoms with Crippen molar-refractivity contribution in [3.63, 3.8) is 0 Å². The molecule has 7 heteroatoms. The van der Waals surface area contributed by atoms with Crippen molar-refractivity contribution in [3.8, 4) is 11.5 Å². The third-order valence-corrected chi connectivity index (χ3v) is 4.18. The van der Waals surface area contributed by atoms with Crippen molar-refractivity contribution in [1.29, 1.82) is 0 Å². The molecule has 0 fully saturated rings. The van der Waals surface area contributed by atoms with Crippen LogP contribution in [-0.2, 0) is 6.54 Å². The number of carbonyl (C=O) groups excluding carboxylic acids is 1. The van der Waals surface area contributed by atoms with E-state index in [9.17, 15) is 4.79 Å². The normalized spacial score (nSPS) is 10.3. The molecule has 0 aliphatic carbocycles. The first-order valence-corrected chi connectivity index (χ1v) is 9.37. The van der Waals surface area contributed by atoms with Crippen LogP contribution in [0.3, 0.4) is 0 Å². The van der Waals surface area contributed by atoms with Crippen molar-refractivity contribution in [2.45, 2.75) is 6.54 Å². The molecule has 0 radical (unpaired) electrons. The molecule has 0 saturated carbocycles. The number of rotatable bonds is 7. The van der Waals surface area contributed by atoms with Gasteiger partial charge in [0.15, 0.2) is 11.5 Å². The summed E-state index contributed by atoms with van der Waals surface area (Å²) in [4.78, 5) is 16.2. The van der Waals surface area contributed by atoms with Crippen LogP contribution in [-0.4, -0.2) is 21.1 Å². The summed E-state index contributed by atoms with van der Waals surface area (Å²) in [6, 6.07) is 24.1. The van der Waals surface area contributed by atoms with Crippen molar-refractivity contribution in [3.05, 3.63) is 103 Å². The van der Waals surface area contributed by atoms with Crippen LogP contribution in [0.1, 0.15) is 16.1 Å². The van der Waals surface area contributed by atoms with E-state index in [1.54, 1.807) is 24.5 Å². The van der Waals surface area contributed by atoms with Crippen molar-refractivity contribution in [1.82, 2.24) is 20.5 Å². The number of para-hydroxylation sites is 1. The van der Waals surface area contributed by atoms with Gasteiger partial charge in [-0.3, -0.25) is 9.78 Å². The number of aromatic nitrogens is 3. The van der Waals surface area contributed by atoms with Crippen LogP contribution in [0.4, 0.5) is 11.5 Å². The Morgan fingerprint density at radius 3 is 2.33 bits per heavy atom. The zero-order valence-electron chi connectivity index (χ0n) is 16.0. The van der Waals surface area contributed by atoms with Gasteiger partial charge in [0.2, 0.25) is 0 Å². The largest absolute Gasteiger partial charge is 0.457 e. The Morgan fingerprint density at radius 1 is 0.833 bits per heavy atom. The summed E-state index contributed by atoms with van der Waals surface area (Å²) in [6.45, 7) is 0.381. The molecule has 0 atom stereocenters. The Balaban J connectivity index is 1.32. The van der Waals surface area contributed by atoms with E-state index in [0.717, 1.165) is 22.7 Å². The van der Waals surface area contributed by atoms with Gasteiger partial charge in [0.05, 0.1) is 0 Å². The lowest BCUT2D eigenvalue weighted by atomic mass is 10.2. The number of pyridine rings is 1. The molecule has 4 aromatic rings. The predicted octanol–water partition coefficient (Wildman–Crippen LogP) is 4.34. The number of hydrogen-bond acceptors (Lipinski definition) is 6. The lowest BCUT2D eigenvalue weighted by Gasteiger charge is -2.08. The first kappa shape index (κ1) is 19.1. The van der Waals surface area contributed by atoms with Crippen LogP contribution in [0.5, 0.6) is 11.5 Å². The molecule has 0 saturated heterocycles. The molecular formula is C23H19N5O2. The highest BCUT2D eigenvalue weighted by Crippen LogP contribution is 2.23. The van der Waals surface area contributed by atoms with Crippen LogP contribution < -0.4 is 15.4 Å². The van der Waals surface area contributed by atoms with Crippen molar-refractivity contribution < 1.29 is 9.53 Å². The molecule has 4 rings (SSSR count). The second kappa shape index (κ2) is 9.29. The van der Waals surface area contributed by atoms with Crippen molar-refractivity contribution in [2.24, 2.45) is 0 Å². The number of hydrogen-bond donors (Lipinski definition) is 2. The maximum Gasteiger partial charge on any atom is 0.272 e. The van der Waals surface area contributed by atoms with Crippen LogP contribution in [0.25, 0.3) is 0 Å². The summed E-state index contributed by atoms with van der Waals surface area (Å²) in [6.07, 6.45) is 3.39. The zero-order valence-corrected chi connectivity index (χ0v) is 16.0. The minimum atomic E-state index is -0.291. The first-order valence-electron chi connectivity index (χ1n) is 9.37. The smallest absolute Gasteiger partial charge is 0.272 e. The van der Waals surface area contributed by atoms with Gasteiger partial charge < -0.3 is 15.4 Å². The summed E-state index contributed by atoms with van der Waals surface area (Å²) in [5.41, 5.74) is 1.99. The van der Waals surface area contributed by atoms with Gasteiger partial charge in [-0.15, -0.1) is 10.2 Å². The van der Waals surface area contributed by atoms with Gasteiger partial charge in [0, 0.05) is 24.6 Å². The number of benzene rings is 2. The van der Waals surface area contributed by atoms with Gasteiger partial charge in [-0.25, -0.2) is 0 Å². The van der Waals surface area contributed by atoms with Gasteiger partial charge in [-0.2, -0.15) is 0 Å². The van der Waals surface area contributed by atoms with Crippen LogP contribution in [0.2, 0.25) is 0 Å². The molecule has 0 spiro atoms. The number of nitrogens with one attached hydrogen (secondary N) is 2. The van der Waals surface area contributed by atoms with Crippen LogP contribution in [0, 0.1) is 0 Å². The third kappa shape index (κ3) is 5.17. The van der Waals surface area contributed by atoms with Crippen molar-refractivity contribution >= 4 is 17.4 Å². The molecule has 30 heavy (non-hydrogen) atoms. The molecule has 0 bridgehead atoms. The van der Waals surface area contributed by atoms with E-state index in [4.69, 9.17) is 4.74 Å². The van der Waals surface area contributed by atoms with Crippen LogP contribution >= 0.6 is 0 Å². The van der Waals surface area contributed by atoms with E-state index in [0.29, 0.717) is 12.4 Å². The van der Waals surface area contributed by atoms with E-state index in [-0.39, 0.29) is 11.6 Å². The molecule has 0 aliphatic heterocycles. The number of nitrogens with zero attached hydrogens (tertiary/aromatic N) is 3. The molecule has 148 valence electrons. The van der Waals surface area contributed by atoms with E-state index in [1.165, 1.54) is 0 Å². The second-order valence-corrected chi connectivity index (χ2v) is 6.41. The standard InChI is InChI=1S/C23H19N5O2/c29-23(25-16-17-5-4-14-24-15-17)21-12-13-22(28-27-21)26-18-8-10-20(11-9-18)30-19-6-2-1-3-7-19/h1-15H,16H2,(H,25,29)(H,26,28). The Labute approximate surface area is 173 Å². The number of carbonyl (C=O) groups is 1. The van der Waals surface area contributed by atoms with Gasteiger partial charge in [-0.1, -0.05) is 24.3 Å². The van der Waals surface area contributed by atoms with E-state index < -0.39 is 0 Å². The Bertz CT molecular complexity index is 1090. The Hall–Kier alpha value is -4.26. The summed E-state index contributed by atoms with van der Waals surface area (Å²) in [5, 5.41) is 14.0. The van der Waals surface area contributed by atoms with E-state index in [2.05, 4.69) is 25.8 Å². The van der Waals surface area contributed by atoms with E-state index in [1.807, 2.05) is 66.7 Å². The summed E-state index contributed by atoms with van der Waals surface area (Å²) >= 11 is 0. The van der Waals surface area contributed by atoms with E-state index >= 15 is 0 Å². The third-order valence-electron chi connectivity index (χ3n) is 4.18. The maximum atomic E-state index is 12.2. The summed E-state index contributed by atoms with van der Waals surface area (Å²) in [5.74, 6) is 1.76. The fraction of sp³-hybridized carbons (Fsp3) is 0.0435. The lowest BCUT2D eigenvalue weighted by Crippen LogP contribution is -2.24. The Morgan fingerprint density at radius 2 is 1.63 bits per heavy atom. The van der Waals surface area contributed by atoms with Crippen molar-refractivity contribution in [2.75, 3.05) is 5.32 Å². The highest BCUT2D eigenvalue weighted by molar-refractivity contribution is 5.92. The fourth-order valence-corrected chi connectivity index (χ4v) is 2.67. The van der Waals surface area contributed by atoms with Gasteiger partial charge in [0.1, 0.15) is 11.5 Å². The quantitative estimate of drug-likeness (QED) is 0.482. The van der Waals surface area contributed by atoms with Gasteiger partial charge in [-0.05, 0) is 60.2 Å². The monoisotopic (exact) mass is 397 g/mol. The molecule has 2 aromatic carbocycles. The summed E-state index contributed by atoms with van der Waals surface area (Å²) in [7, 11) is 0. The topological polar surface area (TPSA) is 89.0 Å². The molecular weight excluding hydrogens is 378 g/mol. The average Bonchev–Trinajstić information content (AvgIpc) is 2.81. The number of amides is 1. The fourth-order valence-electron chi connectivity index (χ4n) is 2.67. The SMILES string of the molecule is O=C(NCc1cccnc1)c1ccc(Nc2ccc(Oc3ccccc3)cc2)nn1. The average molecular weight is 397 g/mol. The number of ether oxygens (including phenoxy) is 1. The lowest BCUT2D eigenvalue weighted by molar-refractivity contribution is 0.0945. The highest BCUT2D eigenvalue weighted by atomic mass is 16.5. The second-order valence-electron chi connectivity index (χ2n) is 6.41. The molecule has 2 N–H and O–H groups in total. The Kier molecular flexibility index (Phi) is 5.91. The van der Waals surface area contributed by atoms with Crippen LogP contribution in [0.15, 0.2) is 91.3 Å². The minimum Gasteiger partial charge on any atom is -0.457 e. The predicted molar refractivity (Wildman–Crippen MR) is 114 cm³/mol. The molecule has 0 aliphatic rings. The first-order chi connectivity index (χ1) is 14.8. The molecule has 0 unspecified atom stereocenters. The summed E-state index contributed by atoms with van der Waals surface area (Å²) < 4.78 is 5.78. The highest BCUT2D eigenvalue weighted by Gasteiger charge is 2.08. The molecule has 1 amide bonds. The molecule has 2 heterocycles. The van der Waals surface area contributed by atoms with Gasteiger partial charge in [0.25, 0.3) is 5.91 Å². The number of anilines is 2. The zero-order chi connectivity index (χ0) is 20.6. The van der Waals surface area contributed by atoms with Gasteiger partial charge >= 0.3 is 0 Å². The molecule has 2 aromatic heterocycles. The minimum absolute atomic E-state index is 0.246.